The third kappa shape index (κ3) is 4.49. The quantitative estimate of drug-likeness (QED) is 0.812. The van der Waals surface area contributed by atoms with Crippen molar-refractivity contribution < 1.29 is 5.11 Å². The molecule has 23 heavy (non-hydrogen) atoms. The van der Waals surface area contributed by atoms with E-state index in [9.17, 15) is 5.11 Å². The van der Waals surface area contributed by atoms with Crippen LogP contribution in [-0.4, -0.2) is 56.9 Å². The summed E-state index contributed by atoms with van der Waals surface area (Å²) in [6.07, 6.45) is 5.38. The molecular formula is C16H24N6O. The Hall–Kier alpha value is -1.99. The summed E-state index contributed by atoms with van der Waals surface area (Å²) in [6, 6.07) is 6.24. The van der Waals surface area contributed by atoms with Crippen LogP contribution in [0.25, 0.3) is 0 Å². The highest BCUT2D eigenvalue weighted by Gasteiger charge is 2.21. The van der Waals surface area contributed by atoms with Crippen molar-refractivity contribution in [3.8, 4) is 0 Å². The van der Waals surface area contributed by atoms with Crippen LogP contribution in [0.4, 0.5) is 5.82 Å². The molecule has 0 radical (unpaired) electrons. The van der Waals surface area contributed by atoms with Crippen LogP contribution in [0.1, 0.15) is 18.5 Å². The molecule has 0 aliphatic carbocycles. The van der Waals surface area contributed by atoms with Crippen LogP contribution in [0.15, 0.2) is 30.6 Å². The van der Waals surface area contributed by atoms with Gasteiger partial charge in [0.05, 0.1) is 18.3 Å². The molecule has 7 heteroatoms. The SMILES string of the molecule is Cc1ccc(N2CCC[C@@H](NC[C@@H](O)Cn3cccn3)C2)nn1. The van der Waals surface area contributed by atoms with Crippen molar-refractivity contribution >= 4 is 5.82 Å². The van der Waals surface area contributed by atoms with Gasteiger partial charge in [0.15, 0.2) is 5.82 Å². The first-order valence-electron chi connectivity index (χ1n) is 8.15. The fourth-order valence-electron chi connectivity index (χ4n) is 2.90. The molecule has 0 unspecified atom stereocenters. The molecule has 1 fully saturated rings. The van der Waals surface area contributed by atoms with Gasteiger partial charge in [-0.2, -0.15) is 10.2 Å². The molecule has 2 atom stereocenters. The summed E-state index contributed by atoms with van der Waals surface area (Å²) >= 11 is 0. The van der Waals surface area contributed by atoms with Crippen LogP contribution in [0.5, 0.6) is 0 Å². The summed E-state index contributed by atoms with van der Waals surface area (Å²) in [6.45, 7) is 4.92. The molecule has 0 bridgehead atoms. The maximum Gasteiger partial charge on any atom is 0.151 e. The molecule has 2 aromatic heterocycles. The zero-order valence-electron chi connectivity index (χ0n) is 13.5. The third-order valence-electron chi connectivity index (χ3n) is 4.13. The number of nitrogens with zero attached hydrogens (tertiary/aromatic N) is 5. The molecule has 3 heterocycles. The Labute approximate surface area is 136 Å². The minimum atomic E-state index is -0.440. The molecule has 0 amide bonds. The number of aryl methyl sites for hydroxylation is 1. The fraction of sp³-hybridized carbons (Fsp3) is 0.562. The molecule has 0 spiro atoms. The first-order valence-corrected chi connectivity index (χ1v) is 8.15. The van der Waals surface area contributed by atoms with Crippen molar-refractivity contribution in [3.05, 3.63) is 36.3 Å². The van der Waals surface area contributed by atoms with Crippen LogP contribution in [0.2, 0.25) is 0 Å². The van der Waals surface area contributed by atoms with Crippen LogP contribution < -0.4 is 10.2 Å². The lowest BCUT2D eigenvalue weighted by Gasteiger charge is -2.34. The minimum absolute atomic E-state index is 0.360. The highest BCUT2D eigenvalue weighted by atomic mass is 16.3. The molecule has 2 aromatic rings. The van der Waals surface area contributed by atoms with Gasteiger partial charge in [-0.25, -0.2) is 0 Å². The largest absolute Gasteiger partial charge is 0.390 e. The number of anilines is 1. The number of hydrogen-bond donors (Lipinski definition) is 2. The van der Waals surface area contributed by atoms with Gasteiger partial charge in [0.2, 0.25) is 0 Å². The Bertz CT molecular complexity index is 585. The summed E-state index contributed by atoms with van der Waals surface area (Å²) < 4.78 is 1.75. The Morgan fingerprint density at radius 3 is 3.04 bits per heavy atom. The topological polar surface area (TPSA) is 79.1 Å². The Kier molecular flexibility index (Phi) is 5.19. The lowest BCUT2D eigenvalue weighted by Crippen LogP contribution is -2.48. The number of rotatable bonds is 6. The van der Waals surface area contributed by atoms with E-state index in [2.05, 4.69) is 25.5 Å². The standard InChI is InChI=1S/C16H24N6O/c1-13-5-6-16(20-19-13)21-8-2-4-14(11-21)17-10-15(23)12-22-9-3-7-18-22/h3,5-7,9,14-15,17,23H,2,4,8,10-12H2,1H3/t14-,15-/m1/s1. The average Bonchev–Trinajstić information content (AvgIpc) is 3.07. The van der Waals surface area contributed by atoms with E-state index in [0.29, 0.717) is 19.1 Å². The van der Waals surface area contributed by atoms with Crippen LogP contribution in [0, 0.1) is 6.92 Å². The first-order chi connectivity index (χ1) is 11.2. The van der Waals surface area contributed by atoms with Crippen molar-refractivity contribution in [2.75, 3.05) is 24.5 Å². The van der Waals surface area contributed by atoms with Crippen molar-refractivity contribution in [1.82, 2.24) is 25.3 Å². The maximum absolute atomic E-state index is 10.1. The predicted octanol–water partition coefficient (Wildman–Crippen LogP) is 0.601. The molecule has 3 rings (SSSR count). The molecule has 7 nitrogen and oxygen atoms in total. The van der Waals surface area contributed by atoms with Crippen LogP contribution in [0.3, 0.4) is 0 Å². The second-order valence-corrected chi connectivity index (χ2v) is 6.11. The van der Waals surface area contributed by atoms with Gasteiger partial charge in [0.25, 0.3) is 0 Å². The van der Waals surface area contributed by atoms with Gasteiger partial charge < -0.3 is 15.3 Å². The van der Waals surface area contributed by atoms with E-state index in [-0.39, 0.29) is 0 Å². The third-order valence-corrected chi connectivity index (χ3v) is 4.13. The summed E-state index contributed by atoms with van der Waals surface area (Å²) in [7, 11) is 0. The van der Waals surface area contributed by atoms with Gasteiger partial charge in [-0.05, 0) is 38.0 Å². The van der Waals surface area contributed by atoms with Crippen LogP contribution >= 0.6 is 0 Å². The number of hydrogen-bond acceptors (Lipinski definition) is 6. The van der Waals surface area contributed by atoms with Gasteiger partial charge in [-0.15, -0.1) is 5.10 Å². The van der Waals surface area contributed by atoms with E-state index >= 15 is 0 Å². The minimum Gasteiger partial charge on any atom is -0.390 e. The van der Waals surface area contributed by atoms with E-state index in [0.717, 1.165) is 37.4 Å². The van der Waals surface area contributed by atoms with Crippen molar-refractivity contribution in [3.63, 3.8) is 0 Å². The van der Waals surface area contributed by atoms with Gasteiger partial charge in [0.1, 0.15) is 0 Å². The smallest absolute Gasteiger partial charge is 0.151 e. The number of nitrogens with one attached hydrogen (secondary N) is 1. The maximum atomic E-state index is 10.1. The van der Waals surface area contributed by atoms with E-state index < -0.39 is 6.10 Å². The van der Waals surface area contributed by atoms with Crippen molar-refractivity contribution in [2.45, 2.75) is 38.5 Å². The molecular weight excluding hydrogens is 292 g/mol. The number of aliphatic hydroxyl groups excluding tert-OH is 1. The molecule has 1 saturated heterocycles. The summed E-state index contributed by atoms with van der Waals surface area (Å²) in [5.41, 5.74) is 0.933. The highest BCUT2D eigenvalue weighted by Crippen LogP contribution is 2.17. The average molecular weight is 316 g/mol. The second-order valence-electron chi connectivity index (χ2n) is 6.11. The monoisotopic (exact) mass is 316 g/mol. The normalized spacial score (nSPS) is 19.7. The second kappa shape index (κ2) is 7.52. The van der Waals surface area contributed by atoms with Gasteiger partial charge >= 0.3 is 0 Å². The summed E-state index contributed by atoms with van der Waals surface area (Å²) in [4.78, 5) is 2.26. The van der Waals surface area contributed by atoms with Gasteiger partial charge in [-0.3, -0.25) is 4.68 Å². The molecule has 124 valence electrons. The highest BCUT2D eigenvalue weighted by molar-refractivity contribution is 5.38. The first kappa shape index (κ1) is 15.9. The molecule has 1 aliphatic heterocycles. The van der Waals surface area contributed by atoms with E-state index in [4.69, 9.17) is 0 Å². The molecule has 0 saturated carbocycles. The van der Waals surface area contributed by atoms with Gasteiger partial charge in [-0.1, -0.05) is 0 Å². The predicted molar refractivity (Wildman–Crippen MR) is 88.2 cm³/mol. The van der Waals surface area contributed by atoms with E-state index in [1.807, 2.05) is 31.3 Å². The Morgan fingerprint density at radius 1 is 1.39 bits per heavy atom. The van der Waals surface area contributed by atoms with E-state index in [1.165, 1.54) is 0 Å². The lowest BCUT2D eigenvalue weighted by atomic mass is 10.1. The molecule has 2 N–H and O–H groups in total. The molecule has 1 aliphatic rings. The van der Waals surface area contributed by atoms with Gasteiger partial charge in [0, 0.05) is 38.1 Å². The number of aliphatic hydroxyl groups is 1. The number of aromatic nitrogens is 4. The van der Waals surface area contributed by atoms with Crippen molar-refractivity contribution in [1.29, 1.82) is 0 Å². The number of piperidine rings is 1. The van der Waals surface area contributed by atoms with Crippen LogP contribution in [-0.2, 0) is 6.54 Å². The summed E-state index contributed by atoms with van der Waals surface area (Å²) in [5, 5.41) is 26.1. The lowest BCUT2D eigenvalue weighted by molar-refractivity contribution is 0.141. The van der Waals surface area contributed by atoms with Crippen molar-refractivity contribution in [2.24, 2.45) is 0 Å². The summed E-state index contributed by atoms with van der Waals surface area (Å²) in [5.74, 6) is 0.930. The zero-order valence-corrected chi connectivity index (χ0v) is 13.5. The zero-order chi connectivity index (χ0) is 16.1. The Morgan fingerprint density at radius 2 is 2.30 bits per heavy atom. The van der Waals surface area contributed by atoms with E-state index in [1.54, 1.807) is 10.9 Å². The fourth-order valence-corrected chi connectivity index (χ4v) is 2.90. The molecule has 0 aromatic carbocycles. The Balaban J connectivity index is 1.47.